The molecule has 108 heavy (non-hydrogen) atoms. The molecular weight excluding hydrogens is 1320 g/mol. The van der Waals surface area contributed by atoms with Crippen molar-refractivity contribution in [3.05, 3.63) is 212 Å². The maximum absolute atomic E-state index is 15.1. The summed E-state index contributed by atoms with van der Waals surface area (Å²) in [5.74, 6) is 30.4. The molecule has 8 aromatic carbocycles. The SMILES string of the molecule is CCCCCCCCCCCCOc1ccc(C#Cc2cc3cc4c(cc3cc2C#Cc2ccc(OCCCCCCCCCCCC)cc2)C(=O)c2cc3cc(C#Cc5ccc(OCCCCCCCCCCCC)cc5)c(C#Cc5ccc(OCCCCCCCCCCCC)cc5)cc3cc2C4=O)cc1. The molecule has 0 radical (unpaired) electrons. The number of benzene rings is 8. The number of hydrogen-bond acceptors (Lipinski definition) is 6. The van der Waals surface area contributed by atoms with Gasteiger partial charge in [0.1, 0.15) is 23.0 Å². The van der Waals surface area contributed by atoms with Gasteiger partial charge in [-0.25, -0.2) is 0 Å². The van der Waals surface area contributed by atoms with E-state index in [2.05, 4.69) is 75.1 Å². The van der Waals surface area contributed by atoms with E-state index in [1.807, 2.05) is 146 Å². The van der Waals surface area contributed by atoms with E-state index in [0.717, 1.165) is 92.5 Å². The molecule has 0 atom stereocenters. The van der Waals surface area contributed by atoms with E-state index in [0.29, 0.717) is 70.9 Å². The van der Waals surface area contributed by atoms with E-state index in [-0.39, 0.29) is 11.6 Å². The number of ketones is 2. The lowest BCUT2D eigenvalue weighted by Crippen LogP contribution is -2.21. The van der Waals surface area contributed by atoms with Crippen LogP contribution in [0, 0.1) is 47.4 Å². The summed E-state index contributed by atoms with van der Waals surface area (Å²) >= 11 is 0. The summed E-state index contributed by atoms with van der Waals surface area (Å²) in [6.45, 7) is 11.9. The van der Waals surface area contributed by atoms with Crippen LogP contribution in [0.15, 0.2) is 146 Å². The first kappa shape index (κ1) is 83.1. The third-order valence-corrected chi connectivity index (χ3v) is 21.1. The Morgan fingerprint density at radius 2 is 0.370 bits per heavy atom. The highest BCUT2D eigenvalue weighted by Gasteiger charge is 2.31. The Morgan fingerprint density at radius 3 is 0.546 bits per heavy atom. The lowest BCUT2D eigenvalue weighted by atomic mass is 9.81. The normalized spacial score (nSPS) is 11.4. The van der Waals surface area contributed by atoms with Crippen molar-refractivity contribution < 1.29 is 28.5 Å². The van der Waals surface area contributed by atoms with E-state index in [1.165, 1.54) is 231 Å². The average molecular weight is 1450 g/mol. The second-order valence-corrected chi connectivity index (χ2v) is 30.2. The van der Waals surface area contributed by atoms with Gasteiger partial charge in [-0.1, -0.05) is 306 Å². The van der Waals surface area contributed by atoms with Crippen LogP contribution in [0.4, 0.5) is 0 Å². The number of carbonyl (C=O) groups excluding carboxylic acids is 2. The van der Waals surface area contributed by atoms with Gasteiger partial charge in [-0.05, 0) is 193 Å². The van der Waals surface area contributed by atoms with Gasteiger partial charge in [0.05, 0.1) is 26.4 Å². The highest BCUT2D eigenvalue weighted by atomic mass is 16.5. The largest absolute Gasteiger partial charge is 0.494 e. The fraction of sp³-hybridized carbons (Fsp3) is 0.471. The zero-order valence-electron chi connectivity index (χ0n) is 66.4. The summed E-state index contributed by atoms with van der Waals surface area (Å²) in [6.07, 6.45) is 51.4. The Hall–Kier alpha value is -8.94. The molecule has 0 heterocycles. The van der Waals surface area contributed by atoms with Crippen LogP contribution >= 0.6 is 0 Å². The monoisotopic (exact) mass is 1440 g/mol. The van der Waals surface area contributed by atoms with Crippen LogP contribution in [0.2, 0.25) is 0 Å². The Balaban J connectivity index is 0.933. The van der Waals surface area contributed by atoms with E-state index >= 15 is 9.59 Å². The summed E-state index contributed by atoms with van der Waals surface area (Å²) in [4.78, 5) is 30.1. The molecule has 0 saturated carbocycles. The number of unbranched alkanes of at least 4 members (excludes halogenated alkanes) is 36. The molecule has 8 aromatic rings. The topological polar surface area (TPSA) is 71.1 Å². The van der Waals surface area contributed by atoms with Crippen LogP contribution in [-0.2, 0) is 0 Å². The van der Waals surface area contributed by atoms with Crippen LogP contribution in [0.3, 0.4) is 0 Å². The molecular formula is C102H124O6. The highest BCUT2D eigenvalue weighted by molar-refractivity contribution is 6.30. The Bertz CT molecular complexity index is 3730. The molecule has 1 aliphatic rings. The molecule has 0 saturated heterocycles. The third-order valence-electron chi connectivity index (χ3n) is 21.1. The van der Waals surface area contributed by atoms with E-state index in [9.17, 15) is 0 Å². The summed E-state index contributed by atoms with van der Waals surface area (Å²) in [5.41, 5.74) is 7.65. The highest BCUT2D eigenvalue weighted by Crippen LogP contribution is 2.36. The number of hydrogen-bond donors (Lipinski definition) is 0. The number of rotatable bonds is 48. The Morgan fingerprint density at radius 1 is 0.204 bits per heavy atom. The van der Waals surface area contributed by atoms with Gasteiger partial charge in [-0.3, -0.25) is 9.59 Å². The van der Waals surface area contributed by atoms with Crippen LogP contribution in [0.25, 0.3) is 21.5 Å². The predicted octanol–water partition coefficient (Wildman–Crippen LogP) is 27.6. The number of carbonyl (C=O) groups is 2. The Kier molecular flexibility index (Phi) is 37.8. The molecule has 6 heteroatoms. The predicted molar refractivity (Wildman–Crippen MR) is 454 cm³/mol. The summed E-state index contributed by atoms with van der Waals surface area (Å²) in [5, 5.41) is 3.15. The van der Waals surface area contributed by atoms with Gasteiger partial charge in [-0.15, -0.1) is 0 Å². The maximum Gasteiger partial charge on any atom is 0.194 e. The number of ether oxygens (including phenoxy) is 4. The first-order valence-electron chi connectivity index (χ1n) is 42.6. The van der Waals surface area contributed by atoms with Gasteiger partial charge in [0, 0.05) is 66.8 Å². The van der Waals surface area contributed by atoms with Gasteiger partial charge in [0.15, 0.2) is 11.6 Å². The molecule has 0 aliphatic heterocycles. The van der Waals surface area contributed by atoms with Crippen molar-refractivity contribution >= 4 is 33.1 Å². The van der Waals surface area contributed by atoms with E-state index < -0.39 is 0 Å². The standard InChI is InChI=1S/C102H124O6/c1-5-9-13-17-21-25-29-33-37-41-69-105-93-61-49-81(50-62-93)45-57-85-73-89-77-97-98(78-90(89)74-86(85)58-46-82-51-63-94(64-52-82)106-70-42-38-34-30-26-22-18-14-10-6-2)102(104)100-80-92-76-88(60-48-84-55-67-96(68-56-84)108-72-44-40-36-32-28-24-20-16-12-8-4)87(75-91(92)79-99(100)101(97)103)59-47-83-53-65-95(66-54-83)107-71-43-39-35-31-27-23-19-15-11-7-3/h49-56,61-68,73-80H,5-44,69-72H2,1-4H3. The lowest BCUT2D eigenvalue weighted by Gasteiger charge is -2.19. The quantitative estimate of drug-likeness (QED) is 0.0280. The second-order valence-electron chi connectivity index (χ2n) is 30.2. The van der Waals surface area contributed by atoms with Crippen molar-refractivity contribution in [1.29, 1.82) is 0 Å². The summed E-state index contributed by atoms with van der Waals surface area (Å²) in [7, 11) is 0. The van der Waals surface area contributed by atoms with Crippen molar-refractivity contribution in [1.82, 2.24) is 0 Å². The fourth-order valence-corrected chi connectivity index (χ4v) is 14.4. The van der Waals surface area contributed by atoms with Crippen LogP contribution in [0.1, 0.15) is 361 Å². The first-order chi connectivity index (χ1) is 53.3. The molecule has 568 valence electrons. The molecule has 0 unspecified atom stereocenters. The van der Waals surface area contributed by atoms with E-state index in [1.54, 1.807) is 0 Å². The van der Waals surface area contributed by atoms with Gasteiger partial charge in [0.25, 0.3) is 0 Å². The molecule has 6 nitrogen and oxygen atoms in total. The molecule has 0 spiro atoms. The smallest absolute Gasteiger partial charge is 0.194 e. The molecule has 0 amide bonds. The lowest BCUT2D eigenvalue weighted by molar-refractivity contribution is 0.0979. The molecule has 0 fully saturated rings. The van der Waals surface area contributed by atoms with Crippen molar-refractivity contribution in [3.8, 4) is 70.4 Å². The second kappa shape index (κ2) is 49.2. The molecule has 0 N–H and O–H groups in total. The fourth-order valence-electron chi connectivity index (χ4n) is 14.4. The average Bonchev–Trinajstić information content (AvgIpc) is 0.734. The molecule has 1 aliphatic carbocycles. The first-order valence-corrected chi connectivity index (χ1v) is 42.6. The summed E-state index contributed by atoms with van der Waals surface area (Å²) in [6, 6.07) is 47.4. The zero-order chi connectivity index (χ0) is 75.3. The molecule has 9 rings (SSSR count). The van der Waals surface area contributed by atoms with Crippen LogP contribution in [-0.4, -0.2) is 38.0 Å². The Labute approximate surface area is 651 Å². The van der Waals surface area contributed by atoms with Crippen molar-refractivity contribution in [3.63, 3.8) is 0 Å². The van der Waals surface area contributed by atoms with Crippen LogP contribution in [0.5, 0.6) is 23.0 Å². The zero-order valence-corrected chi connectivity index (χ0v) is 66.4. The molecule has 0 bridgehead atoms. The minimum Gasteiger partial charge on any atom is -0.494 e. The van der Waals surface area contributed by atoms with Crippen molar-refractivity contribution in [2.45, 2.75) is 285 Å². The summed E-state index contributed by atoms with van der Waals surface area (Å²) < 4.78 is 24.7. The number of fused-ring (bicyclic) bond motifs is 4. The minimum atomic E-state index is -0.214. The van der Waals surface area contributed by atoms with Crippen molar-refractivity contribution in [2.24, 2.45) is 0 Å². The minimum absolute atomic E-state index is 0.214. The third kappa shape index (κ3) is 29.2. The maximum atomic E-state index is 15.1. The van der Waals surface area contributed by atoms with Gasteiger partial charge >= 0.3 is 0 Å². The van der Waals surface area contributed by atoms with Crippen molar-refractivity contribution in [2.75, 3.05) is 26.4 Å². The van der Waals surface area contributed by atoms with Gasteiger partial charge in [0.2, 0.25) is 0 Å². The van der Waals surface area contributed by atoms with E-state index in [4.69, 9.17) is 18.9 Å². The van der Waals surface area contributed by atoms with Gasteiger partial charge in [-0.2, -0.15) is 0 Å². The molecule has 0 aromatic heterocycles. The van der Waals surface area contributed by atoms with Crippen LogP contribution < -0.4 is 18.9 Å². The van der Waals surface area contributed by atoms with Gasteiger partial charge < -0.3 is 18.9 Å².